The molecular formula is C9H16N2. The fourth-order valence-electron chi connectivity index (χ4n) is 1.99. The van der Waals surface area contributed by atoms with E-state index in [1.807, 2.05) is 0 Å². The average molecular weight is 152 g/mol. The molecule has 0 N–H and O–H groups in total. The molecule has 0 spiro atoms. The van der Waals surface area contributed by atoms with E-state index in [4.69, 9.17) is 0 Å². The highest BCUT2D eigenvalue weighted by atomic mass is 15.3. The predicted octanol–water partition coefficient (Wildman–Crippen LogP) is 1.26. The highest BCUT2D eigenvalue weighted by molar-refractivity contribution is 5.05. The van der Waals surface area contributed by atoms with Gasteiger partial charge in [0.15, 0.2) is 0 Å². The third kappa shape index (κ3) is 1.22. The number of rotatable bonds is 0. The SMILES string of the molecule is CN1CCCN2CCCC=C12. The van der Waals surface area contributed by atoms with Crippen LogP contribution in [0.3, 0.4) is 0 Å². The van der Waals surface area contributed by atoms with Crippen LogP contribution in [0.4, 0.5) is 0 Å². The van der Waals surface area contributed by atoms with E-state index in [0.29, 0.717) is 0 Å². The summed E-state index contributed by atoms with van der Waals surface area (Å²) in [5, 5.41) is 0. The van der Waals surface area contributed by atoms with Gasteiger partial charge in [-0.1, -0.05) is 0 Å². The molecule has 0 aromatic heterocycles. The van der Waals surface area contributed by atoms with Crippen molar-refractivity contribution in [3.63, 3.8) is 0 Å². The topological polar surface area (TPSA) is 6.48 Å². The third-order valence-electron chi connectivity index (χ3n) is 2.60. The largest absolute Gasteiger partial charge is 0.362 e. The molecule has 0 saturated carbocycles. The lowest BCUT2D eigenvalue weighted by Crippen LogP contribution is -2.42. The monoisotopic (exact) mass is 152 g/mol. The molecule has 2 rings (SSSR count). The molecule has 2 heterocycles. The maximum absolute atomic E-state index is 2.51. The van der Waals surface area contributed by atoms with Gasteiger partial charge in [0.05, 0.1) is 5.82 Å². The Kier molecular flexibility index (Phi) is 1.76. The van der Waals surface area contributed by atoms with Gasteiger partial charge in [-0.2, -0.15) is 0 Å². The first-order valence-corrected chi connectivity index (χ1v) is 4.54. The molecule has 11 heavy (non-hydrogen) atoms. The summed E-state index contributed by atoms with van der Waals surface area (Å²) in [4.78, 5) is 4.88. The van der Waals surface area contributed by atoms with E-state index in [2.05, 4.69) is 22.9 Å². The lowest BCUT2D eigenvalue weighted by molar-refractivity contribution is 0.170. The molecule has 1 fully saturated rings. The van der Waals surface area contributed by atoms with Crippen molar-refractivity contribution in [2.75, 3.05) is 26.7 Å². The van der Waals surface area contributed by atoms with E-state index >= 15 is 0 Å². The van der Waals surface area contributed by atoms with E-state index < -0.39 is 0 Å². The molecular weight excluding hydrogens is 136 g/mol. The van der Waals surface area contributed by atoms with Gasteiger partial charge < -0.3 is 9.80 Å². The molecule has 0 radical (unpaired) electrons. The second-order valence-corrected chi connectivity index (χ2v) is 3.47. The summed E-state index contributed by atoms with van der Waals surface area (Å²) in [6.07, 6.45) is 6.32. The second-order valence-electron chi connectivity index (χ2n) is 3.47. The summed E-state index contributed by atoms with van der Waals surface area (Å²) in [5.74, 6) is 1.47. The van der Waals surface area contributed by atoms with E-state index in [1.54, 1.807) is 0 Å². The number of fused-ring (bicyclic) bond motifs is 1. The van der Waals surface area contributed by atoms with Crippen LogP contribution in [0.15, 0.2) is 11.9 Å². The van der Waals surface area contributed by atoms with Crippen LogP contribution < -0.4 is 0 Å². The maximum atomic E-state index is 2.51. The minimum atomic E-state index is 1.24. The van der Waals surface area contributed by atoms with Crippen LogP contribution in [0.1, 0.15) is 19.3 Å². The standard InChI is InChI=1S/C9H16N2/c1-10-6-4-8-11-7-3-2-5-9(10)11/h5H,2-4,6-8H2,1H3. The average Bonchev–Trinajstić information content (AvgIpc) is 2.06. The smallest absolute Gasteiger partial charge is 0.0995 e. The number of nitrogens with zero attached hydrogens (tertiary/aromatic N) is 2. The van der Waals surface area contributed by atoms with Gasteiger partial charge in [0.25, 0.3) is 0 Å². The molecule has 2 aliphatic rings. The Morgan fingerprint density at radius 3 is 2.82 bits per heavy atom. The zero-order valence-electron chi connectivity index (χ0n) is 7.21. The van der Waals surface area contributed by atoms with Crippen molar-refractivity contribution in [2.45, 2.75) is 19.3 Å². The fraction of sp³-hybridized carbons (Fsp3) is 0.778. The normalized spacial score (nSPS) is 24.6. The summed E-state index contributed by atoms with van der Waals surface area (Å²) >= 11 is 0. The van der Waals surface area contributed by atoms with Crippen LogP contribution in [0.5, 0.6) is 0 Å². The first-order chi connectivity index (χ1) is 5.38. The van der Waals surface area contributed by atoms with Crippen molar-refractivity contribution in [3.8, 4) is 0 Å². The van der Waals surface area contributed by atoms with Gasteiger partial charge in [0, 0.05) is 26.7 Å². The molecule has 2 aliphatic heterocycles. The minimum Gasteiger partial charge on any atom is -0.362 e. The summed E-state index contributed by atoms with van der Waals surface area (Å²) in [6.45, 7) is 3.79. The Morgan fingerprint density at radius 1 is 1.18 bits per heavy atom. The first-order valence-electron chi connectivity index (χ1n) is 4.54. The van der Waals surface area contributed by atoms with Crippen LogP contribution >= 0.6 is 0 Å². The Morgan fingerprint density at radius 2 is 2.00 bits per heavy atom. The Bertz CT molecular complexity index is 174. The zero-order chi connectivity index (χ0) is 7.68. The number of hydrogen-bond acceptors (Lipinski definition) is 2. The van der Waals surface area contributed by atoms with E-state index in [0.717, 1.165) is 0 Å². The second kappa shape index (κ2) is 2.76. The molecule has 0 amide bonds. The predicted molar refractivity (Wildman–Crippen MR) is 46.1 cm³/mol. The highest BCUT2D eigenvalue weighted by Crippen LogP contribution is 2.21. The lowest BCUT2D eigenvalue weighted by Gasteiger charge is -2.40. The van der Waals surface area contributed by atoms with Gasteiger partial charge in [-0.15, -0.1) is 0 Å². The summed E-state index contributed by atoms with van der Waals surface area (Å²) in [5.41, 5.74) is 0. The Hall–Kier alpha value is -0.660. The number of allylic oxidation sites excluding steroid dienone is 1. The van der Waals surface area contributed by atoms with Crippen molar-refractivity contribution in [1.82, 2.24) is 9.80 Å². The van der Waals surface area contributed by atoms with E-state index in [1.165, 1.54) is 44.7 Å². The maximum Gasteiger partial charge on any atom is 0.0995 e. The molecule has 2 nitrogen and oxygen atoms in total. The molecule has 2 heteroatoms. The summed E-state index contributed by atoms with van der Waals surface area (Å²) in [7, 11) is 2.20. The van der Waals surface area contributed by atoms with Crippen molar-refractivity contribution in [2.24, 2.45) is 0 Å². The number of hydrogen-bond donors (Lipinski definition) is 0. The molecule has 0 unspecified atom stereocenters. The fourth-order valence-corrected chi connectivity index (χ4v) is 1.99. The molecule has 0 aromatic carbocycles. The van der Waals surface area contributed by atoms with Gasteiger partial charge in [-0.05, 0) is 25.3 Å². The van der Waals surface area contributed by atoms with Gasteiger partial charge in [0.2, 0.25) is 0 Å². The van der Waals surface area contributed by atoms with Gasteiger partial charge >= 0.3 is 0 Å². The van der Waals surface area contributed by atoms with Crippen molar-refractivity contribution in [3.05, 3.63) is 11.9 Å². The van der Waals surface area contributed by atoms with Gasteiger partial charge in [-0.3, -0.25) is 0 Å². The van der Waals surface area contributed by atoms with E-state index in [-0.39, 0.29) is 0 Å². The zero-order valence-corrected chi connectivity index (χ0v) is 7.21. The highest BCUT2D eigenvalue weighted by Gasteiger charge is 2.20. The Balaban J connectivity index is 2.14. The van der Waals surface area contributed by atoms with Crippen molar-refractivity contribution in [1.29, 1.82) is 0 Å². The van der Waals surface area contributed by atoms with Gasteiger partial charge in [0.1, 0.15) is 0 Å². The molecule has 0 aromatic rings. The van der Waals surface area contributed by atoms with Crippen LogP contribution in [-0.2, 0) is 0 Å². The molecule has 0 atom stereocenters. The van der Waals surface area contributed by atoms with Crippen LogP contribution in [0.25, 0.3) is 0 Å². The summed E-state index contributed by atoms with van der Waals surface area (Å²) < 4.78 is 0. The minimum absolute atomic E-state index is 1.24. The first kappa shape index (κ1) is 7.01. The van der Waals surface area contributed by atoms with Crippen LogP contribution in [0, 0.1) is 0 Å². The molecule has 1 saturated heterocycles. The lowest BCUT2D eigenvalue weighted by atomic mass is 10.1. The van der Waals surface area contributed by atoms with E-state index in [9.17, 15) is 0 Å². The quantitative estimate of drug-likeness (QED) is 0.515. The van der Waals surface area contributed by atoms with Crippen molar-refractivity contribution < 1.29 is 0 Å². The van der Waals surface area contributed by atoms with Crippen LogP contribution in [0.2, 0.25) is 0 Å². The van der Waals surface area contributed by atoms with Gasteiger partial charge in [-0.25, -0.2) is 0 Å². The van der Waals surface area contributed by atoms with Crippen molar-refractivity contribution >= 4 is 0 Å². The third-order valence-corrected chi connectivity index (χ3v) is 2.60. The molecule has 0 bridgehead atoms. The molecule has 0 aliphatic carbocycles. The molecule has 62 valence electrons. The Labute approximate surface area is 68.5 Å². The summed E-state index contributed by atoms with van der Waals surface area (Å²) in [6, 6.07) is 0. The van der Waals surface area contributed by atoms with Crippen LogP contribution in [-0.4, -0.2) is 36.5 Å².